The van der Waals surface area contributed by atoms with Crippen LogP contribution in [0.15, 0.2) is 24.3 Å². The van der Waals surface area contributed by atoms with Gasteiger partial charge in [0.1, 0.15) is 5.82 Å². The lowest BCUT2D eigenvalue weighted by Crippen LogP contribution is -2.28. The van der Waals surface area contributed by atoms with Crippen LogP contribution in [0, 0.1) is 17.7 Å². The average Bonchev–Trinajstić information content (AvgIpc) is 2.34. The molecule has 3 unspecified atom stereocenters. The predicted octanol–water partition coefficient (Wildman–Crippen LogP) is 5.14. The van der Waals surface area contributed by atoms with E-state index in [1.54, 1.807) is 12.1 Å². The van der Waals surface area contributed by atoms with Crippen LogP contribution >= 0.6 is 22.6 Å². The largest absolute Gasteiger partial charge is 0.369 e. The molecule has 0 aromatic heterocycles. The minimum atomic E-state index is -0.179. The van der Waals surface area contributed by atoms with Gasteiger partial charge in [0.15, 0.2) is 0 Å². The van der Waals surface area contributed by atoms with Gasteiger partial charge >= 0.3 is 0 Å². The molecule has 0 amide bonds. The number of hydrogen-bond acceptors (Lipinski definition) is 1. The molecule has 1 aliphatic carbocycles. The van der Waals surface area contributed by atoms with Crippen LogP contribution in [0.25, 0.3) is 0 Å². The highest BCUT2D eigenvalue weighted by Gasteiger charge is 2.27. The Morgan fingerprint density at radius 2 is 1.95 bits per heavy atom. The van der Waals surface area contributed by atoms with E-state index in [4.69, 9.17) is 4.74 Å². The van der Waals surface area contributed by atoms with E-state index in [2.05, 4.69) is 36.4 Å². The normalized spacial score (nSPS) is 29.2. The Morgan fingerprint density at radius 1 is 1.26 bits per heavy atom. The van der Waals surface area contributed by atoms with Gasteiger partial charge in [-0.25, -0.2) is 4.39 Å². The van der Waals surface area contributed by atoms with E-state index in [1.807, 2.05) is 6.07 Å². The fourth-order valence-corrected chi connectivity index (χ4v) is 3.84. The second-order valence-electron chi connectivity index (χ2n) is 5.87. The number of halogens is 2. The smallest absolute Gasteiger partial charge is 0.123 e. The van der Waals surface area contributed by atoms with Crippen molar-refractivity contribution in [3.8, 4) is 0 Å². The van der Waals surface area contributed by atoms with E-state index >= 15 is 0 Å². The van der Waals surface area contributed by atoms with Crippen molar-refractivity contribution in [3.05, 3.63) is 35.6 Å². The summed E-state index contributed by atoms with van der Waals surface area (Å²) < 4.78 is 20.4. The Morgan fingerprint density at radius 3 is 2.53 bits per heavy atom. The first kappa shape index (κ1) is 15.2. The van der Waals surface area contributed by atoms with Crippen LogP contribution < -0.4 is 0 Å². The summed E-state index contributed by atoms with van der Waals surface area (Å²) in [6.07, 6.45) is 3.90. The lowest BCUT2D eigenvalue weighted by Gasteiger charge is -2.33. The zero-order valence-corrected chi connectivity index (χ0v) is 13.8. The first-order valence-electron chi connectivity index (χ1n) is 7.05. The predicted molar refractivity (Wildman–Crippen MR) is 85.1 cm³/mol. The van der Waals surface area contributed by atoms with E-state index in [-0.39, 0.29) is 11.9 Å². The molecule has 1 aromatic rings. The van der Waals surface area contributed by atoms with Crippen molar-refractivity contribution < 1.29 is 9.13 Å². The van der Waals surface area contributed by atoms with Gasteiger partial charge in [-0.1, -0.05) is 48.6 Å². The second kappa shape index (κ2) is 7.02. The number of ether oxygens (including phenoxy) is 1. The van der Waals surface area contributed by atoms with Crippen molar-refractivity contribution in [3.63, 3.8) is 0 Å². The van der Waals surface area contributed by atoms with Gasteiger partial charge in [-0.15, -0.1) is 0 Å². The molecule has 1 nitrogen and oxygen atoms in total. The molecule has 0 spiro atoms. The summed E-state index contributed by atoms with van der Waals surface area (Å²) in [5.74, 6) is 1.29. The molecule has 0 aliphatic heterocycles. The number of hydrogen-bond donors (Lipinski definition) is 0. The average molecular weight is 376 g/mol. The first-order valence-corrected chi connectivity index (χ1v) is 8.58. The zero-order chi connectivity index (χ0) is 13.8. The highest BCUT2D eigenvalue weighted by atomic mass is 127. The minimum Gasteiger partial charge on any atom is -0.369 e. The highest BCUT2D eigenvalue weighted by Crippen LogP contribution is 2.34. The molecule has 0 bridgehead atoms. The van der Waals surface area contributed by atoms with E-state index in [1.165, 1.54) is 12.5 Å². The third kappa shape index (κ3) is 4.42. The standard InChI is InChI=1S/C16H22FIO/c1-11-6-12(2)8-15(7-11)19-16(10-18)13-4-3-5-14(17)9-13/h3-5,9,11-12,15-16H,6-8,10H2,1-2H3. The molecule has 0 saturated heterocycles. The number of alkyl halides is 1. The monoisotopic (exact) mass is 376 g/mol. The maximum absolute atomic E-state index is 13.3. The SMILES string of the molecule is CC1CC(C)CC(OC(CI)c2cccc(F)c2)C1. The topological polar surface area (TPSA) is 9.23 Å². The third-order valence-corrected chi connectivity index (χ3v) is 4.65. The van der Waals surface area contributed by atoms with E-state index in [9.17, 15) is 4.39 Å². The summed E-state index contributed by atoms with van der Waals surface area (Å²) in [7, 11) is 0. The van der Waals surface area contributed by atoms with Crippen molar-refractivity contribution in [2.75, 3.05) is 4.43 Å². The molecule has 0 N–H and O–H groups in total. The number of rotatable bonds is 4. The van der Waals surface area contributed by atoms with Gasteiger partial charge in [-0.3, -0.25) is 0 Å². The molecule has 0 radical (unpaired) electrons. The second-order valence-corrected chi connectivity index (χ2v) is 6.75. The summed E-state index contributed by atoms with van der Waals surface area (Å²) >= 11 is 2.32. The summed E-state index contributed by atoms with van der Waals surface area (Å²) in [5, 5.41) is 0. The Kier molecular flexibility index (Phi) is 5.63. The van der Waals surface area contributed by atoms with Gasteiger partial charge in [0.05, 0.1) is 12.2 Å². The quantitative estimate of drug-likeness (QED) is 0.522. The van der Waals surface area contributed by atoms with Gasteiger partial charge in [0, 0.05) is 4.43 Å². The maximum atomic E-state index is 13.3. The molecular formula is C16H22FIO. The molecule has 0 heterocycles. The van der Waals surface area contributed by atoms with Crippen LogP contribution in [0.5, 0.6) is 0 Å². The van der Waals surface area contributed by atoms with E-state index in [0.29, 0.717) is 6.10 Å². The molecule has 19 heavy (non-hydrogen) atoms. The van der Waals surface area contributed by atoms with Gasteiger partial charge in [-0.2, -0.15) is 0 Å². The lowest BCUT2D eigenvalue weighted by molar-refractivity contribution is -0.0395. The highest BCUT2D eigenvalue weighted by molar-refractivity contribution is 14.1. The lowest BCUT2D eigenvalue weighted by atomic mass is 9.81. The number of benzene rings is 1. The zero-order valence-electron chi connectivity index (χ0n) is 11.6. The summed E-state index contributed by atoms with van der Waals surface area (Å²) in [5.41, 5.74) is 0.959. The van der Waals surface area contributed by atoms with Gasteiger partial charge < -0.3 is 4.74 Å². The molecule has 1 aliphatic rings. The molecule has 2 rings (SSSR count). The summed E-state index contributed by atoms with van der Waals surface area (Å²) in [4.78, 5) is 0. The molecule has 1 saturated carbocycles. The van der Waals surface area contributed by atoms with Crippen molar-refractivity contribution in [1.82, 2.24) is 0 Å². The fourth-order valence-electron chi connectivity index (χ4n) is 3.13. The molecule has 106 valence electrons. The summed E-state index contributed by atoms with van der Waals surface area (Å²) in [6.45, 7) is 4.60. The Balaban J connectivity index is 2.02. The van der Waals surface area contributed by atoms with Crippen molar-refractivity contribution in [2.24, 2.45) is 11.8 Å². The van der Waals surface area contributed by atoms with Crippen molar-refractivity contribution in [1.29, 1.82) is 0 Å². The van der Waals surface area contributed by atoms with Crippen LogP contribution in [-0.4, -0.2) is 10.5 Å². The van der Waals surface area contributed by atoms with Gasteiger partial charge in [0.25, 0.3) is 0 Å². The Labute approximate surface area is 129 Å². The van der Waals surface area contributed by atoms with Crippen LogP contribution in [0.3, 0.4) is 0 Å². The maximum Gasteiger partial charge on any atom is 0.123 e. The Hall–Kier alpha value is -0.160. The van der Waals surface area contributed by atoms with Crippen molar-refractivity contribution in [2.45, 2.75) is 45.3 Å². The van der Waals surface area contributed by atoms with E-state index < -0.39 is 0 Å². The fraction of sp³-hybridized carbons (Fsp3) is 0.625. The van der Waals surface area contributed by atoms with Crippen LogP contribution in [-0.2, 0) is 4.74 Å². The molecule has 1 aromatic carbocycles. The van der Waals surface area contributed by atoms with Crippen LogP contribution in [0.1, 0.15) is 44.8 Å². The molecule has 1 fully saturated rings. The van der Waals surface area contributed by atoms with Gasteiger partial charge in [-0.05, 0) is 48.8 Å². The molecular weight excluding hydrogens is 354 g/mol. The third-order valence-electron chi connectivity index (χ3n) is 3.85. The molecule has 3 heteroatoms. The van der Waals surface area contributed by atoms with Crippen LogP contribution in [0.2, 0.25) is 0 Å². The van der Waals surface area contributed by atoms with Crippen LogP contribution in [0.4, 0.5) is 4.39 Å². The van der Waals surface area contributed by atoms with E-state index in [0.717, 1.165) is 34.7 Å². The first-order chi connectivity index (χ1) is 9.08. The van der Waals surface area contributed by atoms with Crippen molar-refractivity contribution >= 4 is 22.6 Å². The minimum absolute atomic E-state index is 0.0128. The molecule has 3 atom stereocenters. The van der Waals surface area contributed by atoms with Gasteiger partial charge in [0.2, 0.25) is 0 Å². The Bertz CT molecular complexity index is 399. The summed E-state index contributed by atoms with van der Waals surface area (Å²) in [6, 6.07) is 6.80.